The second-order valence-corrected chi connectivity index (χ2v) is 6.25. The van der Waals surface area contributed by atoms with Crippen LogP contribution in [0.3, 0.4) is 0 Å². The highest BCUT2D eigenvalue weighted by Crippen LogP contribution is 2.26. The van der Waals surface area contributed by atoms with Crippen molar-refractivity contribution in [2.45, 2.75) is 36.7 Å². The second-order valence-electron chi connectivity index (χ2n) is 5.76. The monoisotopic (exact) mass is 294 g/mol. The van der Waals surface area contributed by atoms with Crippen LogP contribution < -0.4 is 0 Å². The third kappa shape index (κ3) is 2.44. The van der Waals surface area contributed by atoms with Crippen molar-refractivity contribution in [3.63, 3.8) is 0 Å². The molecule has 0 spiro atoms. The largest absolute Gasteiger partial charge is 0.333 e. The van der Waals surface area contributed by atoms with E-state index in [4.69, 9.17) is 0 Å². The Balaban J connectivity index is 1.80. The number of halogens is 1. The quantitative estimate of drug-likeness (QED) is 0.804. The molecule has 0 saturated carbocycles. The second kappa shape index (κ2) is 5.37. The first-order chi connectivity index (χ1) is 9.56. The summed E-state index contributed by atoms with van der Waals surface area (Å²) in [6.45, 7) is 4.94. The molecule has 1 aromatic carbocycles. The molecule has 20 heavy (non-hydrogen) atoms. The molecule has 1 amide bonds. The van der Waals surface area contributed by atoms with Crippen molar-refractivity contribution in [2.24, 2.45) is 0 Å². The smallest absolute Gasteiger partial charge is 0.254 e. The molecule has 2 saturated heterocycles. The molecule has 2 atom stereocenters. The van der Waals surface area contributed by atoms with E-state index in [1.807, 2.05) is 4.90 Å². The van der Waals surface area contributed by atoms with Crippen LogP contribution in [0, 0.1) is 5.82 Å². The number of nitrogens with zero attached hydrogens (tertiary/aromatic N) is 2. The van der Waals surface area contributed by atoms with Gasteiger partial charge in [-0.3, -0.25) is 9.69 Å². The number of hydrogen-bond donors (Lipinski definition) is 1. The van der Waals surface area contributed by atoms with Crippen molar-refractivity contribution < 1.29 is 9.18 Å². The highest BCUT2D eigenvalue weighted by molar-refractivity contribution is 7.80. The minimum Gasteiger partial charge on any atom is -0.333 e. The van der Waals surface area contributed by atoms with Gasteiger partial charge < -0.3 is 4.90 Å². The van der Waals surface area contributed by atoms with E-state index in [-0.39, 0.29) is 16.8 Å². The molecule has 2 aliphatic heterocycles. The highest BCUT2D eigenvalue weighted by atomic mass is 32.1. The number of carbonyl (C=O) groups excluding carboxylic acids is 1. The molecule has 3 rings (SSSR count). The number of rotatable bonds is 1. The van der Waals surface area contributed by atoms with E-state index in [2.05, 4.69) is 24.5 Å². The molecule has 5 heteroatoms. The molecule has 0 radical (unpaired) electrons. The SMILES string of the molecule is CC1CN2CCCC2CN1C(=O)c1ccc(F)c(S)c1. The molecule has 1 aromatic rings. The Morgan fingerprint density at radius 2 is 2.20 bits per heavy atom. The Morgan fingerprint density at radius 3 is 2.95 bits per heavy atom. The molecule has 3 nitrogen and oxygen atoms in total. The Bertz CT molecular complexity index is 537. The van der Waals surface area contributed by atoms with Crippen molar-refractivity contribution in [1.29, 1.82) is 0 Å². The number of hydrogen-bond acceptors (Lipinski definition) is 3. The number of thiol groups is 1. The molecule has 0 aromatic heterocycles. The zero-order valence-corrected chi connectivity index (χ0v) is 12.4. The van der Waals surface area contributed by atoms with Crippen LogP contribution in [0.5, 0.6) is 0 Å². The Kier molecular flexibility index (Phi) is 3.73. The van der Waals surface area contributed by atoms with E-state index >= 15 is 0 Å². The van der Waals surface area contributed by atoms with Gasteiger partial charge in [0.2, 0.25) is 0 Å². The number of amides is 1. The first kappa shape index (κ1) is 13.9. The predicted octanol–water partition coefficient (Wildman–Crippen LogP) is 2.42. The maximum Gasteiger partial charge on any atom is 0.254 e. The first-order valence-electron chi connectivity index (χ1n) is 7.10. The van der Waals surface area contributed by atoms with E-state index in [0.29, 0.717) is 11.6 Å². The van der Waals surface area contributed by atoms with Gasteiger partial charge >= 0.3 is 0 Å². The summed E-state index contributed by atoms with van der Waals surface area (Å²) >= 11 is 4.05. The van der Waals surface area contributed by atoms with Crippen molar-refractivity contribution >= 4 is 18.5 Å². The topological polar surface area (TPSA) is 23.6 Å². The Labute approximate surface area is 124 Å². The molecule has 108 valence electrons. The van der Waals surface area contributed by atoms with Gasteiger partial charge in [-0.05, 0) is 44.5 Å². The summed E-state index contributed by atoms with van der Waals surface area (Å²) in [5.74, 6) is -0.405. The third-order valence-corrected chi connectivity index (χ3v) is 4.73. The fraction of sp³-hybridized carbons (Fsp3) is 0.533. The van der Waals surface area contributed by atoms with Gasteiger partial charge in [-0.25, -0.2) is 4.39 Å². The lowest BCUT2D eigenvalue weighted by Gasteiger charge is -2.42. The van der Waals surface area contributed by atoms with Crippen LogP contribution in [-0.4, -0.2) is 47.4 Å². The summed E-state index contributed by atoms with van der Waals surface area (Å²) in [6.07, 6.45) is 2.38. The van der Waals surface area contributed by atoms with Crippen molar-refractivity contribution in [3.05, 3.63) is 29.6 Å². The first-order valence-corrected chi connectivity index (χ1v) is 7.54. The normalized spacial score (nSPS) is 26.6. The van der Waals surface area contributed by atoms with Crippen LogP contribution >= 0.6 is 12.6 Å². The van der Waals surface area contributed by atoms with Crippen molar-refractivity contribution in [1.82, 2.24) is 9.80 Å². The van der Waals surface area contributed by atoms with Crippen LogP contribution in [-0.2, 0) is 0 Å². The minimum atomic E-state index is -0.390. The maximum absolute atomic E-state index is 13.2. The maximum atomic E-state index is 13.2. The molecular weight excluding hydrogens is 275 g/mol. The van der Waals surface area contributed by atoms with Crippen LogP contribution in [0.1, 0.15) is 30.1 Å². The van der Waals surface area contributed by atoms with Crippen LogP contribution in [0.15, 0.2) is 23.1 Å². The van der Waals surface area contributed by atoms with E-state index in [0.717, 1.165) is 26.1 Å². The fourth-order valence-electron chi connectivity index (χ4n) is 3.28. The van der Waals surface area contributed by atoms with Gasteiger partial charge in [0.25, 0.3) is 5.91 Å². The summed E-state index contributed by atoms with van der Waals surface area (Å²) < 4.78 is 13.2. The van der Waals surface area contributed by atoms with Gasteiger partial charge in [-0.15, -0.1) is 12.6 Å². The standard InChI is InChI=1S/C15H19FN2OS/c1-10-8-17-6-2-3-12(17)9-18(10)15(19)11-4-5-13(16)14(20)7-11/h4-5,7,10,12,20H,2-3,6,8-9H2,1H3. The van der Waals surface area contributed by atoms with Crippen molar-refractivity contribution in [2.75, 3.05) is 19.6 Å². The van der Waals surface area contributed by atoms with E-state index < -0.39 is 5.82 Å². The van der Waals surface area contributed by atoms with Crippen molar-refractivity contribution in [3.8, 4) is 0 Å². The number of benzene rings is 1. The highest BCUT2D eigenvalue weighted by Gasteiger charge is 2.36. The van der Waals surface area contributed by atoms with Gasteiger partial charge in [0.05, 0.1) is 0 Å². The fourth-order valence-corrected chi connectivity index (χ4v) is 3.50. The molecule has 0 N–H and O–H groups in total. The molecule has 2 aliphatic rings. The molecular formula is C15H19FN2OS. The zero-order valence-electron chi connectivity index (χ0n) is 11.6. The third-order valence-electron chi connectivity index (χ3n) is 4.39. The minimum absolute atomic E-state index is 0.0145. The lowest BCUT2D eigenvalue weighted by Crippen LogP contribution is -2.56. The summed E-state index contributed by atoms with van der Waals surface area (Å²) in [6, 6.07) is 5.07. The van der Waals surface area contributed by atoms with Gasteiger partial charge in [0, 0.05) is 35.6 Å². The molecule has 2 unspecified atom stereocenters. The van der Waals surface area contributed by atoms with Gasteiger partial charge in [0.1, 0.15) is 5.82 Å². The number of fused-ring (bicyclic) bond motifs is 1. The van der Waals surface area contributed by atoms with Gasteiger partial charge in [-0.1, -0.05) is 0 Å². The molecule has 0 bridgehead atoms. The summed E-state index contributed by atoms with van der Waals surface area (Å²) in [7, 11) is 0. The molecule has 0 aliphatic carbocycles. The van der Waals surface area contributed by atoms with E-state index in [9.17, 15) is 9.18 Å². The Hall–Kier alpha value is -1.07. The number of piperazine rings is 1. The molecule has 2 heterocycles. The van der Waals surface area contributed by atoms with Crippen LogP contribution in [0.4, 0.5) is 4.39 Å². The Morgan fingerprint density at radius 1 is 1.40 bits per heavy atom. The van der Waals surface area contributed by atoms with Crippen LogP contribution in [0.25, 0.3) is 0 Å². The lowest BCUT2D eigenvalue weighted by atomic mass is 10.1. The summed E-state index contributed by atoms with van der Waals surface area (Å²) in [5, 5.41) is 0. The number of carbonyl (C=O) groups is 1. The van der Waals surface area contributed by atoms with Gasteiger partial charge in [0.15, 0.2) is 0 Å². The zero-order chi connectivity index (χ0) is 14.3. The van der Waals surface area contributed by atoms with E-state index in [1.165, 1.54) is 18.6 Å². The van der Waals surface area contributed by atoms with E-state index in [1.54, 1.807) is 6.07 Å². The average Bonchev–Trinajstić information content (AvgIpc) is 2.87. The van der Waals surface area contributed by atoms with Gasteiger partial charge in [-0.2, -0.15) is 0 Å². The lowest BCUT2D eigenvalue weighted by molar-refractivity contribution is 0.0395. The van der Waals surface area contributed by atoms with Crippen LogP contribution in [0.2, 0.25) is 0 Å². The summed E-state index contributed by atoms with van der Waals surface area (Å²) in [4.78, 5) is 17.2. The average molecular weight is 294 g/mol. The molecule has 2 fully saturated rings. The summed E-state index contributed by atoms with van der Waals surface area (Å²) in [5.41, 5.74) is 0.523. The predicted molar refractivity (Wildman–Crippen MR) is 78.7 cm³/mol.